The third kappa shape index (κ3) is 3.09. The number of carbonyl (C=O) groups excluding carboxylic acids is 1. The van der Waals surface area contributed by atoms with Gasteiger partial charge in [0.15, 0.2) is 11.5 Å². The van der Waals surface area contributed by atoms with Crippen LogP contribution in [0.2, 0.25) is 0 Å². The van der Waals surface area contributed by atoms with Gasteiger partial charge in [-0.05, 0) is 54.7 Å². The Bertz CT molecular complexity index is 769. The Labute approximate surface area is 148 Å². The number of hydrogen-bond acceptors (Lipinski definition) is 3. The summed E-state index contributed by atoms with van der Waals surface area (Å²) in [4.78, 5) is 15.0. The summed E-state index contributed by atoms with van der Waals surface area (Å²) in [5, 5.41) is 0. The molecule has 0 radical (unpaired) electrons. The van der Waals surface area contributed by atoms with E-state index in [0.717, 1.165) is 48.4 Å². The van der Waals surface area contributed by atoms with Gasteiger partial charge in [-0.25, -0.2) is 0 Å². The van der Waals surface area contributed by atoms with Crippen LogP contribution in [0.4, 0.5) is 0 Å². The van der Waals surface area contributed by atoms with Gasteiger partial charge in [0.25, 0.3) is 5.91 Å². The van der Waals surface area contributed by atoms with Gasteiger partial charge >= 0.3 is 0 Å². The molecule has 2 aromatic rings. The van der Waals surface area contributed by atoms with Crippen LogP contribution in [0.5, 0.6) is 11.5 Å². The summed E-state index contributed by atoms with van der Waals surface area (Å²) in [6.45, 7) is 4.09. The van der Waals surface area contributed by atoms with Gasteiger partial charge in [0.05, 0.1) is 6.04 Å². The number of benzene rings is 2. The van der Waals surface area contributed by atoms with Crippen LogP contribution in [0.1, 0.15) is 47.3 Å². The van der Waals surface area contributed by atoms with Gasteiger partial charge in [-0.15, -0.1) is 0 Å². The van der Waals surface area contributed by atoms with Crippen molar-refractivity contribution in [1.29, 1.82) is 0 Å². The molecule has 0 aliphatic carbocycles. The number of amides is 1. The SMILES string of the molecule is CCc1ccc(C(=O)N2CCC[C@@H]2c2ccc3c(c2)OCCO3)cc1. The molecular formula is C21H23NO3. The van der Waals surface area contributed by atoms with Crippen molar-refractivity contribution >= 4 is 5.91 Å². The van der Waals surface area contributed by atoms with Crippen LogP contribution in [-0.4, -0.2) is 30.6 Å². The molecule has 1 atom stereocenters. The number of likely N-dealkylation sites (tertiary alicyclic amines) is 1. The van der Waals surface area contributed by atoms with Crippen molar-refractivity contribution < 1.29 is 14.3 Å². The maximum atomic E-state index is 13.0. The lowest BCUT2D eigenvalue weighted by Gasteiger charge is -2.27. The van der Waals surface area contributed by atoms with E-state index in [1.165, 1.54) is 5.56 Å². The van der Waals surface area contributed by atoms with E-state index >= 15 is 0 Å². The molecule has 2 aliphatic heterocycles. The largest absolute Gasteiger partial charge is 0.486 e. The molecule has 2 aliphatic rings. The Balaban J connectivity index is 1.58. The second kappa shape index (κ2) is 6.79. The highest BCUT2D eigenvalue weighted by atomic mass is 16.6. The molecular weight excluding hydrogens is 314 g/mol. The molecule has 1 saturated heterocycles. The molecule has 1 amide bonds. The minimum atomic E-state index is 0.106. The third-order valence-electron chi connectivity index (χ3n) is 5.07. The molecule has 0 aromatic heterocycles. The topological polar surface area (TPSA) is 38.8 Å². The molecule has 0 N–H and O–H groups in total. The average molecular weight is 337 g/mol. The second-order valence-electron chi connectivity index (χ2n) is 6.61. The minimum absolute atomic E-state index is 0.106. The molecule has 2 aromatic carbocycles. The van der Waals surface area contributed by atoms with Crippen LogP contribution in [0.15, 0.2) is 42.5 Å². The van der Waals surface area contributed by atoms with Gasteiger partial charge in [0, 0.05) is 12.1 Å². The molecule has 4 rings (SSSR count). The Kier molecular flexibility index (Phi) is 4.35. The monoisotopic (exact) mass is 337 g/mol. The van der Waals surface area contributed by atoms with Crippen LogP contribution >= 0.6 is 0 Å². The van der Waals surface area contributed by atoms with E-state index in [-0.39, 0.29) is 11.9 Å². The first kappa shape index (κ1) is 16.0. The number of rotatable bonds is 3. The second-order valence-corrected chi connectivity index (χ2v) is 6.61. The third-order valence-corrected chi connectivity index (χ3v) is 5.07. The fraction of sp³-hybridized carbons (Fsp3) is 0.381. The first-order chi connectivity index (χ1) is 12.3. The quantitative estimate of drug-likeness (QED) is 0.850. The Morgan fingerprint density at radius 3 is 2.60 bits per heavy atom. The summed E-state index contributed by atoms with van der Waals surface area (Å²) in [6.07, 6.45) is 2.99. The fourth-order valence-electron chi connectivity index (χ4n) is 3.67. The van der Waals surface area contributed by atoms with Gasteiger partial charge in [-0.3, -0.25) is 4.79 Å². The molecule has 0 bridgehead atoms. The number of carbonyl (C=O) groups is 1. The predicted octanol–water partition coefficient (Wildman–Crippen LogP) is 4.00. The van der Waals surface area contributed by atoms with Crippen LogP contribution in [0, 0.1) is 0 Å². The summed E-state index contributed by atoms with van der Waals surface area (Å²) in [5.74, 6) is 1.69. The molecule has 0 spiro atoms. The maximum Gasteiger partial charge on any atom is 0.254 e. The number of fused-ring (bicyclic) bond motifs is 1. The number of nitrogens with zero attached hydrogens (tertiary/aromatic N) is 1. The predicted molar refractivity (Wildman–Crippen MR) is 96.3 cm³/mol. The van der Waals surface area contributed by atoms with E-state index in [9.17, 15) is 4.79 Å². The average Bonchev–Trinajstić information content (AvgIpc) is 3.17. The Hall–Kier alpha value is -2.49. The summed E-state index contributed by atoms with van der Waals surface area (Å²) < 4.78 is 11.3. The first-order valence-corrected chi connectivity index (χ1v) is 9.05. The molecule has 1 fully saturated rings. The summed E-state index contributed by atoms with van der Waals surface area (Å²) in [7, 11) is 0. The van der Waals surface area contributed by atoms with Crippen molar-refractivity contribution in [2.24, 2.45) is 0 Å². The number of hydrogen-bond donors (Lipinski definition) is 0. The Morgan fingerprint density at radius 2 is 1.84 bits per heavy atom. The van der Waals surface area contributed by atoms with Crippen LogP contribution in [-0.2, 0) is 6.42 Å². The normalized spacial score (nSPS) is 19.1. The molecule has 4 nitrogen and oxygen atoms in total. The van der Waals surface area contributed by atoms with E-state index in [0.29, 0.717) is 13.2 Å². The van der Waals surface area contributed by atoms with E-state index in [4.69, 9.17) is 9.47 Å². The highest BCUT2D eigenvalue weighted by Gasteiger charge is 2.31. The summed E-state index contributed by atoms with van der Waals surface area (Å²) in [5.41, 5.74) is 3.14. The van der Waals surface area contributed by atoms with E-state index < -0.39 is 0 Å². The van der Waals surface area contributed by atoms with Crippen LogP contribution < -0.4 is 9.47 Å². The smallest absolute Gasteiger partial charge is 0.254 e. The zero-order valence-electron chi connectivity index (χ0n) is 14.5. The number of ether oxygens (including phenoxy) is 2. The van der Waals surface area contributed by atoms with E-state index in [1.54, 1.807) is 0 Å². The molecule has 0 saturated carbocycles. The van der Waals surface area contributed by atoms with Gasteiger partial charge in [0.2, 0.25) is 0 Å². The minimum Gasteiger partial charge on any atom is -0.486 e. The molecule has 4 heteroatoms. The van der Waals surface area contributed by atoms with Crippen molar-refractivity contribution in [3.63, 3.8) is 0 Å². The van der Waals surface area contributed by atoms with Crippen molar-refractivity contribution in [3.05, 3.63) is 59.2 Å². The molecule has 2 heterocycles. The summed E-state index contributed by atoms with van der Waals surface area (Å²) in [6, 6.07) is 14.1. The van der Waals surface area contributed by atoms with Crippen molar-refractivity contribution in [1.82, 2.24) is 4.90 Å². The lowest BCUT2D eigenvalue weighted by Crippen LogP contribution is -2.30. The zero-order valence-corrected chi connectivity index (χ0v) is 14.5. The van der Waals surface area contributed by atoms with Crippen LogP contribution in [0.3, 0.4) is 0 Å². The van der Waals surface area contributed by atoms with Gasteiger partial charge in [-0.2, -0.15) is 0 Å². The van der Waals surface area contributed by atoms with Crippen molar-refractivity contribution in [2.45, 2.75) is 32.2 Å². The maximum absolute atomic E-state index is 13.0. The fourth-order valence-corrected chi connectivity index (χ4v) is 3.67. The molecule has 130 valence electrons. The van der Waals surface area contributed by atoms with E-state index in [1.807, 2.05) is 41.3 Å². The Morgan fingerprint density at radius 1 is 1.08 bits per heavy atom. The van der Waals surface area contributed by atoms with E-state index in [2.05, 4.69) is 13.0 Å². The first-order valence-electron chi connectivity index (χ1n) is 9.05. The van der Waals surface area contributed by atoms with Gasteiger partial charge < -0.3 is 14.4 Å². The highest BCUT2D eigenvalue weighted by molar-refractivity contribution is 5.94. The van der Waals surface area contributed by atoms with Crippen molar-refractivity contribution in [2.75, 3.05) is 19.8 Å². The number of aryl methyl sites for hydroxylation is 1. The molecule has 25 heavy (non-hydrogen) atoms. The highest BCUT2D eigenvalue weighted by Crippen LogP contribution is 2.38. The molecule has 0 unspecified atom stereocenters. The van der Waals surface area contributed by atoms with Gasteiger partial charge in [0.1, 0.15) is 13.2 Å². The standard InChI is InChI=1S/C21H23NO3/c1-2-15-5-7-16(8-6-15)21(23)22-11-3-4-18(22)17-9-10-19-20(14-17)25-13-12-24-19/h5-10,14,18H,2-4,11-13H2,1H3/t18-/m1/s1. The lowest BCUT2D eigenvalue weighted by atomic mass is 10.0. The zero-order chi connectivity index (χ0) is 17.2. The van der Waals surface area contributed by atoms with Crippen LogP contribution in [0.25, 0.3) is 0 Å². The lowest BCUT2D eigenvalue weighted by molar-refractivity contribution is 0.0735. The van der Waals surface area contributed by atoms with Gasteiger partial charge in [-0.1, -0.05) is 25.1 Å². The summed E-state index contributed by atoms with van der Waals surface area (Å²) >= 11 is 0. The van der Waals surface area contributed by atoms with Crippen molar-refractivity contribution in [3.8, 4) is 11.5 Å².